The number of aryl methyl sites for hydroxylation is 1. The van der Waals surface area contributed by atoms with Crippen LogP contribution in [0.3, 0.4) is 0 Å². The monoisotopic (exact) mass is 340 g/mol. The molecule has 1 aliphatic carbocycles. The lowest BCUT2D eigenvalue weighted by Gasteiger charge is -2.25. The van der Waals surface area contributed by atoms with E-state index in [1.54, 1.807) is 21.0 Å². The second-order valence-electron chi connectivity index (χ2n) is 7.06. The Morgan fingerprint density at radius 2 is 2.00 bits per heavy atom. The summed E-state index contributed by atoms with van der Waals surface area (Å²) in [6.07, 6.45) is 1.94. The van der Waals surface area contributed by atoms with E-state index >= 15 is 0 Å². The Labute approximate surface area is 148 Å². The molecule has 2 aromatic rings. The molecule has 3 rings (SSSR count). The van der Waals surface area contributed by atoms with Gasteiger partial charge in [-0.2, -0.15) is 0 Å². The number of ether oxygens (including phenoxy) is 1. The van der Waals surface area contributed by atoms with E-state index < -0.39 is 12.1 Å². The summed E-state index contributed by atoms with van der Waals surface area (Å²) in [6, 6.07) is 7.63. The molecule has 0 saturated heterocycles. The van der Waals surface area contributed by atoms with Crippen LogP contribution in [0.1, 0.15) is 41.9 Å². The molecule has 1 heterocycles. The molecule has 0 saturated carbocycles. The van der Waals surface area contributed by atoms with Crippen LogP contribution in [0.2, 0.25) is 0 Å². The molecule has 0 N–H and O–H groups in total. The molecule has 1 aromatic carbocycles. The van der Waals surface area contributed by atoms with Crippen LogP contribution < -0.4 is 0 Å². The van der Waals surface area contributed by atoms with E-state index in [9.17, 15) is 9.59 Å². The molecule has 0 radical (unpaired) electrons. The van der Waals surface area contributed by atoms with E-state index in [0.29, 0.717) is 11.5 Å². The molecular weight excluding hydrogens is 316 g/mol. The molecule has 0 bridgehead atoms. The molecule has 1 amide bonds. The summed E-state index contributed by atoms with van der Waals surface area (Å²) in [5.41, 5.74) is 3.34. The molecule has 132 valence electrons. The van der Waals surface area contributed by atoms with Gasteiger partial charge in [-0.15, -0.1) is 0 Å². The number of aromatic nitrogens is 1. The number of carbonyl (C=O) groups is 2. The highest BCUT2D eigenvalue weighted by Crippen LogP contribution is 2.32. The first kappa shape index (κ1) is 17.4. The average molecular weight is 340 g/mol. The minimum absolute atomic E-state index is 0.228. The van der Waals surface area contributed by atoms with Crippen molar-refractivity contribution in [3.05, 3.63) is 41.1 Å². The van der Waals surface area contributed by atoms with Crippen LogP contribution >= 0.6 is 0 Å². The average Bonchev–Trinajstić information content (AvgIpc) is 2.58. The maximum Gasteiger partial charge on any atom is 0.339 e. The number of likely N-dealkylation sites (N-methyl/N-ethyl adjacent to an activating group) is 1. The molecule has 1 aliphatic rings. The number of amides is 1. The van der Waals surface area contributed by atoms with Crippen molar-refractivity contribution in [1.29, 1.82) is 0 Å². The van der Waals surface area contributed by atoms with Gasteiger partial charge in [0.2, 0.25) is 0 Å². The fraction of sp³-hybridized carbons (Fsp3) is 0.450. The number of carbonyl (C=O) groups excluding carboxylic acids is 2. The first-order valence-corrected chi connectivity index (χ1v) is 8.71. The summed E-state index contributed by atoms with van der Waals surface area (Å²) in [5.74, 6) is -0.163. The van der Waals surface area contributed by atoms with Crippen molar-refractivity contribution >= 4 is 22.8 Å². The Morgan fingerprint density at radius 3 is 2.72 bits per heavy atom. The minimum Gasteiger partial charge on any atom is -0.449 e. The Morgan fingerprint density at radius 1 is 1.28 bits per heavy atom. The Bertz CT molecular complexity index is 829. The normalized spacial score (nSPS) is 17.7. The standard InChI is InChI=1S/C20H24N2O3/c1-12-9-10-17-15(11-12)18(14-7-5-6-8-16(14)21-17)20(24)25-13(2)19(23)22(3)4/h5-8,12-13H,9-11H2,1-4H3/t12-,13-/m0/s1. The fourth-order valence-corrected chi connectivity index (χ4v) is 3.43. The lowest BCUT2D eigenvalue weighted by molar-refractivity contribution is -0.137. The molecule has 5 nitrogen and oxygen atoms in total. The molecule has 0 aliphatic heterocycles. The Balaban J connectivity index is 2.06. The number of nitrogens with zero attached hydrogens (tertiary/aromatic N) is 2. The van der Waals surface area contributed by atoms with Crippen LogP contribution in [0.4, 0.5) is 0 Å². The first-order chi connectivity index (χ1) is 11.9. The maximum atomic E-state index is 13.0. The molecule has 25 heavy (non-hydrogen) atoms. The van der Waals surface area contributed by atoms with Gasteiger partial charge in [-0.1, -0.05) is 25.1 Å². The van der Waals surface area contributed by atoms with E-state index in [0.717, 1.165) is 41.4 Å². The van der Waals surface area contributed by atoms with Gasteiger partial charge in [0.15, 0.2) is 6.10 Å². The fourth-order valence-electron chi connectivity index (χ4n) is 3.43. The SMILES string of the molecule is C[C@H]1CCc2nc3ccccc3c(C(=O)O[C@@H](C)C(=O)N(C)C)c2C1. The number of fused-ring (bicyclic) bond motifs is 2. The summed E-state index contributed by atoms with van der Waals surface area (Å²) in [5, 5.41) is 0.796. The molecule has 2 atom stereocenters. The van der Waals surface area contributed by atoms with Gasteiger partial charge in [-0.3, -0.25) is 9.78 Å². The Hall–Kier alpha value is -2.43. The van der Waals surface area contributed by atoms with E-state index in [1.807, 2.05) is 24.3 Å². The molecule has 0 spiro atoms. The lowest BCUT2D eigenvalue weighted by Crippen LogP contribution is -2.35. The molecule has 5 heteroatoms. The summed E-state index contributed by atoms with van der Waals surface area (Å²) < 4.78 is 5.51. The van der Waals surface area contributed by atoms with Crippen LogP contribution in [-0.4, -0.2) is 42.0 Å². The van der Waals surface area contributed by atoms with Crippen molar-refractivity contribution in [3.8, 4) is 0 Å². The second kappa shape index (κ2) is 6.82. The summed E-state index contributed by atoms with van der Waals surface area (Å²) in [4.78, 5) is 31.2. The smallest absolute Gasteiger partial charge is 0.339 e. The van der Waals surface area contributed by atoms with Gasteiger partial charge in [0.1, 0.15) is 0 Å². The first-order valence-electron chi connectivity index (χ1n) is 8.71. The third kappa shape index (κ3) is 3.36. The van der Waals surface area contributed by atoms with Gasteiger partial charge in [-0.05, 0) is 43.7 Å². The zero-order valence-corrected chi connectivity index (χ0v) is 15.2. The zero-order chi connectivity index (χ0) is 18.1. The summed E-state index contributed by atoms with van der Waals surface area (Å²) in [7, 11) is 3.30. The van der Waals surface area contributed by atoms with E-state index in [2.05, 4.69) is 6.92 Å². The van der Waals surface area contributed by atoms with Crippen molar-refractivity contribution in [2.24, 2.45) is 5.92 Å². The Kier molecular flexibility index (Phi) is 4.75. The predicted octanol–water partition coefficient (Wildman–Crippen LogP) is 2.99. The zero-order valence-electron chi connectivity index (χ0n) is 15.2. The highest BCUT2D eigenvalue weighted by atomic mass is 16.5. The van der Waals surface area contributed by atoms with Crippen LogP contribution in [0.15, 0.2) is 24.3 Å². The quantitative estimate of drug-likeness (QED) is 0.806. The van der Waals surface area contributed by atoms with Crippen molar-refractivity contribution in [2.75, 3.05) is 14.1 Å². The summed E-state index contributed by atoms with van der Waals surface area (Å²) in [6.45, 7) is 3.80. The van der Waals surface area contributed by atoms with Crippen molar-refractivity contribution < 1.29 is 14.3 Å². The highest BCUT2D eigenvalue weighted by molar-refractivity contribution is 6.05. The van der Waals surface area contributed by atoms with Crippen molar-refractivity contribution in [1.82, 2.24) is 9.88 Å². The number of hydrogen-bond acceptors (Lipinski definition) is 4. The van der Waals surface area contributed by atoms with Gasteiger partial charge in [0.25, 0.3) is 5.91 Å². The van der Waals surface area contributed by atoms with Gasteiger partial charge in [0, 0.05) is 25.2 Å². The van der Waals surface area contributed by atoms with Crippen LogP contribution in [-0.2, 0) is 22.4 Å². The van der Waals surface area contributed by atoms with E-state index in [4.69, 9.17) is 9.72 Å². The van der Waals surface area contributed by atoms with Crippen molar-refractivity contribution in [3.63, 3.8) is 0 Å². The topological polar surface area (TPSA) is 59.5 Å². The molecule has 0 fully saturated rings. The third-order valence-corrected chi connectivity index (χ3v) is 4.78. The van der Waals surface area contributed by atoms with Gasteiger partial charge < -0.3 is 9.64 Å². The largest absolute Gasteiger partial charge is 0.449 e. The van der Waals surface area contributed by atoms with Crippen LogP contribution in [0.5, 0.6) is 0 Å². The molecular formula is C20H24N2O3. The number of pyridine rings is 1. The molecule has 1 aromatic heterocycles. The molecule has 0 unspecified atom stereocenters. The van der Waals surface area contributed by atoms with E-state index in [1.165, 1.54) is 4.90 Å². The third-order valence-electron chi connectivity index (χ3n) is 4.78. The predicted molar refractivity (Wildman–Crippen MR) is 96.5 cm³/mol. The maximum absolute atomic E-state index is 13.0. The number of benzene rings is 1. The number of hydrogen-bond donors (Lipinski definition) is 0. The van der Waals surface area contributed by atoms with Crippen molar-refractivity contribution in [2.45, 2.75) is 39.2 Å². The minimum atomic E-state index is -0.814. The number of rotatable bonds is 3. The lowest BCUT2D eigenvalue weighted by atomic mass is 9.84. The van der Waals surface area contributed by atoms with Crippen LogP contribution in [0.25, 0.3) is 10.9 Å². The van der Waals surface area contributed by atoms with Gasteiger partial charge >= 0.3 is 5.97 Å². The van der Waals surface area contributed by atoms with Gasteiger partial charge in [-0.25, -0.2) is 4.79 Å². The number of para-hydroxylation sites is 1. The number of esters is 1. The highest BCUT2D eigenvalue weighted by Gasteiger charge is 2.28. The van der Waals surface area contributed by atoms with E-state index in [-0.39, 0.29) is 5.91 Å². The summed E-state index contributed by atoms with van der Waals surface area (Å²) >= 11 is 0. The van der Waals surface area contributed by atoms with Crippen LogP contribution in [0, 0.1) is 5.92 Å². The second-order valence-corrected chi connectivity index (χ2v) is 7.06. The van der Waals surface area contributed by atoms with Gasteiger partial charge in [0.05, 0.1) is 11.1 Å².